The topological polar surface area (TPSA) is 111 Å². The molecule has 2 aromatic rings. The molecule has 224 valence electrons. The first-order valence-electron chi connectivity index (χ1n) is 15.2. The van der Waals surface area contributed by atoms with E-state index in [2.05, 4.69) is 20.9 Å². The van der Waals surface area contributed by atoms with Crippen molar-refractivity contribution in [2.75, 3.05) is 19.6 Å². The van der Waals surface area contributed by atoms with Crippen molar-refractivity contribution < 1.29 is 19.5 Å². The third kappa shape index (κ3) is 10.6. The highest BCUT2D eigenvalue weighted by atomic mass is 16.3. The summed E-state index contributed by atoms with van der Waals surface area (Å²) < 4.78 is 0. The molecule has 1 heterocycles. The predicted molar refractivity (Wildman–Crippen MR) is 162 cm³/mol. The highest BCUT2D eigenvalue weighted by Gasteiger charge is 2.31. The summed E-state index contributed by atoms with van der Waals surface area (Å²) in [7, 11) is 0. The minimum atomic E-state index is -1.09. The molecular weight excluding hydrogens is 516 g/mol. The van der Waals surface area contributed by atoms with E-state index in [-0.39, 0.29) is 30.1 Å². The van der Waals surface area contributed by atoms with Gasteiger partial charge in [0.1, 0.15) is 6.04 Å². The number of benzene rings is 2. The molecule has 0 aliphatic carbocycles. The lowest BCUT2D eigenvalue weighted by molar-refractivity contribution is -0.128. The molecule has 3 rings (SSSR count). The molecular formula is C33H48N4O4. The summed E-state index contributed by atoms with van der Waals surface area (Å²) in [6, 6.07) is 15.6. The summed E-state index contributed by atoms with van der Waals surface area (Å²) in [5.74, 6) is -1.07. The van der Waals surface area contributed by atoms with E-state index in [9.17, 15) is 19.5 Å². The monoisotopic (exact) mass is 564 g/mol. The normalized spacial score (nSPS) is 16.4. The van der Waals surface area contributed by atoms with E-state index in [1.165, 1.54) is 12.8 Å². The molecule has 8 nitrogen and oxygen atoms in total. The molecule has 0 spiro atoms. The molecule has 1 aliphatic heterocycles. The second kappa shape index (κ2) is 16.9. The lowest BCUT2D eigenvalue weighted by Crippen LogP contribution is -2.55. The smallest absolute Gasteiger partial charge is 0.251 e. The maximum atomic E-state index is 13.6. The molecule has 0 saturated carbocycles. The summed E-state index contributed by atoms with van der Waals surface area (Å²) in [6.45, 7) is 9.59. The van der Waals surface area contributed by atoms with Crippen LogP contribution in [0.15, 0.2) is 54.6 Å². The molecule has 4 N–H and O–H groups in total. The van der Waals surface area contributed by atoms with Gasteiger partial charge in [-0.2, -0.15) is 0 Å². The molecule has 1 fully saturated rings. The Morgan fingerprint density at radius 3 is 2.24 bits per heavy atom. The van der Waals surface area contributed by atoms with Crippen LogP contribution in [0.1, 0.15) is 80.8 Å². The van der Waals surface area contributed by atoms with Crippen LogP contribution in [-0.2, 0) is 22.6 Å². The zero-order chi connectivity index (χ0) is 29.6. The van der Waals surface area contributed by atoms with E-state index in [4.69, 9.17) is 0 Å². The standard InChI is InChI=1S/C33H48N4O4/c1-4-6-18-34-30(39)22-29(38)28(21-25-12-8-7-9-13-25)35-33(41)31(24(3)5-2)36-32(40)27-16-14-26(15-17-27)23-37-19-10-11-20-37/h7-9,12-17,24,28-29,31,38H,4-6,10-11,18-23H2,1-3H3,(H,34,39)(H,35,41)(H,36,40)/t24-,28?,29?,31-/m0/s1. The van der Waals surface area contributed by atoms with Gasteiger partial charge in [-0.05, 0) is 68.0 Å². The Balaban J connectivity index is 1.68. The van der Waals surface area contributed by atoms with Crippen molar-refractivity contribution in [2.24, 2.45) is 5.92 Å². The van der Waals surface area contributed by atoms with Gasteiger partial charge >= 0.3 is 0 Å². The van der Waals surface area contributed by atoms with E-state index in [0.29, 0.717) is 24.9 Å². The average Bonchev–Trinajstić information content (AvgIpc) is 3.49. The Bertz CT molecular complexity index is 1090. The molecule has 0 bridgehead atoms. The number of carbonyl (C=O) groups is 3. The molecule has 4 atom stereocenters. The highest BCUT2D eigenvalue weighted by Crippen LogP contribution is 2.16. The quantitative estimate of drug-likeness (QED) is 0.232. The van der Waals surface area contributed by atoms with Gasteiger partial charge in [-0.15, -0.1) is 0 Å². The van der Waals surface area contributed by atoms with Crippen molar-refractivity contribution >= 4 is 17.7 Å². The summed E-state index contributed by atoms with van der Waals surface area (Å²) >= 11 is 0. The zero-order valence-corrected chi connectivity index (χ0v) is 24.9. The third-order valence-electron chi connectivity index (χ3n) is 7.94. The van der Waals surface area contributed by atoms with Crippen LogP contribution in [-0.4, -0.2) is 65.5 Å². The second-order valence-corrected chi connectivity index (χ2v) is 11.3. The van der Waals surface area contributed by atoms with Crippen LogP contribution in [0.5, 0.6) is 0 Å². The first-order valence-corrected chi connectivity index (χ1v) is 15.2. The zero-order valence-electron chi connectivity index (χ0n) is 24.9. The number of hydrogen-bond acceptors (Lipinski definition) is 5. The average molecular weight is 565 g/mol. The van der Waals surface area contributed by atoms with Crippen LogP contribution < -0.4 is 16.0 Å². The third-order valence-corrected chi connectivity index (χ3v) is 7.94. The van der Waals surface area contributed by atoms with Crippen molar-refractivity contribution in [2.45, 2.75) is 90.4 Å². The SMILES string of the molecule is CCCCNC(=O)CC(O)C(Cc1ccccc1)NC(=O)[C@@H](NC(=O)c1ccc(CN2CCCC2)cc1)[C@@H](C)CC. The Morgan fingerprint density at radius 1 is 0.927 bits per heavy atom. The summed E-state index contributed by atoms with van der Waals surface area (Å²) in [5, 5.41) is 19.8. The van der Waals surface area contributed by atoms with Gasteiger partial charge in [0.2, 0.25) is 11.8 Å². The fourth-order valence-corrected chi connectivity index (χ4v) is 5.12. The van der Waals surface area contributed by atoms with Crippen LogP contribution in [0, 0.1) is 5.92 Å². The number of unbranched alkanes of at least 4 members (excludes halogenated alkanes) is 1. The van der Waals surface area contributed by atoms with Crippen molar-refractivity contribution in [1.82, 2.24) is 20.9 Å². The number of rotatable bonds is 16. The number of aliphatic hydroxyl groups excluding tert-OH is 1. The Hall–Kier alpha value is -3.23. The number of nitrogens with zero attached hydrogens (tertiary/aromatic N) is 1. The molecule has 0 aromatic heterocycles. The lowest BCUT2D eigenvalue weighted by Gasteiger charge is -2.29. The van der Waals surface area contributed by atoms with Crippen LogP contribution in [0.3, 0.4) is 0 Å². The molecule has 41 heavy (non-hydrogen) atoms. The molecule has 1 saturated heterocycles. The van der Waals surface area contributed by atoms with E-state index >= 15 is 0 Å². The number of hydrogen-bond donors (Lipinski definition) is 4. The maximum absolute atomic E-state index is 13.6. The van der Waals surface area contributed by atoms with Crippen molar-refractivity contribution in [3.63, 3.8) is 0 Å². The molecule has 8 heteroatoms. The lowest BCUT2D eigenvalue weighted by atomic mass is 9.95. The maximum Gasteiger partial charge on any atom is 0.251 e. The predicted octanol–water partition coefficient (Wildman–Crippen LogP) is 3.82. The summed E-state index contributed by atoms with van der Waals surface area (Å²) in [5.41, 5.74) is 2.60. The highest BCUT2D eigenvalue weighted by molar-refractivity contribution is 5.97. The number of carbonyl (C=O) groups excluding carboxylic acids is 3. The van der Waals surface area contributed by atoms with Crippen molar-refractivity contribution in [1.29, 1.82) is 0 Å². The summed E-state index contributed by atoms with van der Waals surface area (Å²) in [4.78, 5) is 41.7. The molecule has 1 aliphatic rings. The first-order chi connectivity index (χ1) is 19.8. The fourth-order valence-electron chi connectivity index (χ4n) is 5.12. The Labute approximate surface area is 245 Å². The van der Waals surface area contributed by atoms with E-state index in [1.807, 2.05) is 75.4 Å². The molecule has 0 radical (unpaired) electrons. The molecule has 2 aromatic carbocycles. The van der Waals surface area contributed by atoms with Gasteiger partial charge in [0.25, 0.3) is 5.91 Å². The van der Waals surface area contributed by atoms with Crippen molar-refractivity contribution in [3.05, 3.63) is 71.3 Å². The number of likely N-dealkylation sites (tertiary alicyclic amines) is 1. The van der Waals surface area contributed by atoms with E-state index in [1.54, 1.807) is 0 Å². The molecule has 3 amide bonds. The van der Waals surface area contributed by atoms with Gasteiger partial charge in [0.15, 0.2) is 0 Å². The van der Waals surface area contributed by atoms with Gasteiger partial charge < -0.3 is 21.1 Å². The van der Waals surface area contributed by atoms with Crippen molar-refractivity contribution in [3.8, 4) is 0 Å². The number of amides is 3. The van der Waals surface area contributed by atoms with Crippen LogP contribution in [0.25, 0.3) is 0 Å². The summed E-state index contributed by atoms with van der Waals surface area (Å²) in [6.07, 6.45) is 4.12. The Morgan fingerprint density at radius 2 is 1.61 bits per heavy atom. The second-order valence-electron chi connectivity index (χ2n) is 11.3. The van der Waals surface area contributed by atoms with E-state index in [0.717, 1.165) is 43.6 Å². The van der Waals surface area contributed by atoms with Gasteiger partial charge in [0, 0.05) is 18.7 Å². The fraction of sp³-hybridized carbons (Fsp3) is 0.545. The first kappa shape index (κ1) is 32.3. The van der Waals surface area contributed by atoms with Gasteiger partial charge in [-0.3, -0.25) is 19.3 Å². The van der Waals surface area contributed by atoms with E-state index < -0.39 is 18.2 Å². The van der Waals surface area contributed by atoms with Gasteiger partial charge in [-0.25, -0.2) is 0 Å². The van der Waals surface area contributed by atoms with Crippen LogP contribution in [0.4, 0.5) is 0 Å². The number of nitrogens with one attached hydrogen (secondary N) is 3. The van der Waals surface area contributed by atoms with Crippen LogP contribution in [0.2, 0.25) is 0 Å². The minimum Gasteiger partial charge on any atom is -0.390 e. The van der Waals surface area contributed by atoms with Crippen LogP contribution >= 0.6 is 0 Å². The largest absolute Gasteiger partial charge is 0.390 e. The Kier molecular flexibility index (Phi) is 13.3. The van der Waals surface area contributed by atoms with Gasteiger partial charge in [-0.1, -0.05) is 76.1 Å². The van der Waals surface area contributed by atoms with Gasteiger partial charge in [0.05, 0.1) is 18.6 Å². The minimum absolute atomic E-state index is 0.119. The molecule has 2 unspecified atom stereocenters. The number of aliphatic hydroxyl groups is 1.